The van der Waals surface area contributed by atoms with Crippen LogP contribution in [0.3, 0.4) is 0 Å². The van der Waals surface area contributed by atoms with Gasteiger partial charge in [0.1, 0.15) is 23.2 Å². The number of nitrogens with one attached hydrogen (secondary N) is 1. The Hall–Kier alpha value is -3.07. The Balaban J connectivity index is 1.44. The van der Waals surface area contributed by atoms with Gasteiger partial charge < -0.3 is 20.5 Å². The van der Waals surface area contributed by atoms with Crippen LogP contribution in [-0.2, 0) is 10.3 Å². The molecule has 7 atom stereocenters. The summed E-state index contributed by atoms with van der Waals surface area (Å²) in [5.41, 5.74) is -0.849. The van der Waals surface area contributed by atoms with Crippen LogP contribution in [-0.4, -0.2) is 63.6 Å². The summed E-state index contributed by atoms with van der Waals surface area (Å²) in [5, 5.41) is 2.70. The van der Waals surface area contributed by atoms with E-state index in [1.807, 2.05) is 0 Å². The number of anilines is 1. The van der Waals surface area contributed by atoms with Gasteiger partial charge in [-0.3, -0.25) is 4.79 Å². The summed E-state index contributed by atoms with van der Waals surface area (Å²) in [5.74, 6) is -3.61. The highest BCUT2D eigenvalue weighted by Gasteiger charge is 2.68. The lowest BCUT2D eigenvalue weighted by Gasteiger charge is -2.55. The molecule has 15 heteroatoms. The van der Waals surface area contributed by atoms with Crippen molar-refractivity contribution in [3.8, 4) is 5.88 Å². The third kappa shape index (κ3) is 5.61. The number of carbonyl (C=O) groups is 1. The Labute approximate surface area is 254 Å². The van der Waals surface area contributed by atoms with E-state index in [4.69, 9.17) is 10.5 Å². The van der Waals surface area contributed by atoms with Crippen LogP contribution < -0.4 is 15.8 Å². The van der Waals surface area contributed by atoms with E-state index >= 15 is 17.6 Å². The third-order valence-electron chi connectivity index (χ3n) is 8.88. The molecule has 1 aromatic carbocycles. The van der Waals surface area contributed by atoms with Gasteiger partial charge in [-0.2, -0.15) is 8.78 Å². The van der Waals surface area contributed by atoms with Gasteiger partial charge in [0.15, 0.2) is 16.5 Å². The highest BCUT2D eigenvalue weighted by molar-refractivity contribution is 8.13. The van der Waals surface area contributed by atoms with Gasteiger partial charge in [-0.15, -0.1) is 0 Å². The number of aromatic nitrogens is 2. The SMILES string of the molecule is CC1CC(F)C(F)(C(C)C)C(F)([C@H]2C[C@H]3CSC(N)=N[C@@]3(c3cc(NC(=O)c4cnc(OC(F)F)cn4)ccc3F)CO2)C1. The van der Waals surface area contributed by atoms with E-state index in [9.17, 15) is 13.6 Å². The van der Waals surface area contributed by atoms with Crippen LogP contribution in [0.15, 0.2) is 35.6 Å². The van der Waals surface area contributed by atoms with Crippen molar-refractivity contribution >= 4 is 28.5 Å². The Kier molecular flexibility index (Phi) is 8.84. The molecule has 3 N–H and O–H groups in total. The summed E-state index contributed by atoms with van der Waals surface area (Å²) in [4.78, 5) is 24.7. The summed E-state index contributed by atoms with van der Waals surface area (Å²) < 4.78 is 99.1. The van der Waals surface area contributed by atoms with Crippen molar-refractivity contribution in [3.63, 3.8) is 0 Å². The zero-order valence-corrected chi connectivity index (χ0v) is 25.0. The molecule has 3 aliphatic rings. The average Bonchev–Trinajstić information content (AvgIpc) is 2.96. The van der Waals surface area contributed by atoms with Gasteiger partial charge in [-0.05, 0) is 49.3 Å². The number of aliphatic imine (C=N–C) groups is 1. The lowest BCUT2D eigenvalue weighted by molar-refractivity contribution is -0.230. The number of benzene rings is 1. The Bertz CT molecular complexity index is 1420. The summed E-state index contributed by atoms with van der Waals surface area (Å²) in [7, 11) is 0. The lowest BCUT2D eigenvalue weighted by atomic mass is 9.60. The van der Waals surface area contributed by atoms with Crippen LogP contribution in [0.2, 0.25) is 0 Å². The van der Waals surface area contributed by atoms with Crippen LogP contribution in [0.25, 0.3) is 0 Å². The van der Waals surface area contributed by atoms with Crippen LogP contribution in [0, 0.1) is 23.6 Å². The molecule has 1 amide bonds. The molecule has 3 heterocycles. The van der Waals surface area contributed by atoms with Gasteiger partial charge in [0.2, 0.25) is 5.88 Å². The molecular formula is C29H33F6N5O3S. The highest BCUT2D eigenvalue weighted by Crippen LogP contribution is 2.57. The highest BCUT2D eigenvalue weighted by atomic mass is 32.2. The normalized spacial score (nSPS) is 33.9. The predicted octanol–water partition coefficient (Wildman–Crippen LogP) is 5.97. The Morgan fingerprint density at radius 1 is 1.20 bits per heavy atom. The van der Waals surface area contributed by atoms with Crippen molar-refractivity contribution in [2.75, 3.05) is 17.7 Å². The molecule has 1 saturated carbocycles. The molecular weight excluding hydrogens is 612 g/mol. The lowest BCUT2D eigenvalue weighted by Crippen LogP contribution is -2.68. The van der Waals surface area contributed by atoms with Crippen LogP contribution >= 0.6 is 11.8 Å². The fourth-order valence-corrected chi connectivity index (χ4v) is 7.77. The largest absolute Gasteiger partial charge is 0.415 e. The minimum Gasteiger partial charge on any atom is -0.415 e. The van der Waals surface area contributed by atoms with Crippen molar-refractivity contribution in [2.24, 2.45) is 28.5 Å². The maximum atomic E-state index is 17.0. The summed E-state index contributed by atoms with van der Waals surface area (Å²) in [6.45, 7) is 1.12. The van der Waals surface area contributed by atoms with Gasteiger partial charge in [-0.1, -0.05) is 32.5 Å². The second-order valence-corrected chi connectivity index (χ2v) is 13.0. The van der Waals surface area contributed by atoms with E-state index in [2.05, 4.69) is 25.0 Å². The molecule has 1 aliphatic carbocycles. The zero-order valence-electron chi connectivity index (χ0n) is 24.2. The molecule has 2 fully saturated rings. The van der Waals surface area contributed by atoms with E-state index in [1.54, 1.807) is 6.92 Å². The van der Waals surface area contributed by atoms with E-state index in [0.717, 1.165) is 18.5 Å². The molecule has 0 radical (unpaired) electrons. The minimum absolute atomic E-state index is 0.0115. The standard InChI is InChI=1S/C29H33F6N5O3S/c1-14(2)29(35)21(31)6-15(3)9-28(29,34)22-7-16-12-44-26(36)40-27(16,13-42-22)18-8-17(4-5-19(18)30)39-24(41)20-10-38-23(11-37-20)43-25(32)33/h4-5,8,10-11,14-16,21-22,25H,6-7,9,12-13H2,1-3H3,(H2,36,40)(H,39,41)/t15?,16-,21?,22+,27-,28?,29?/m0/s1. The summed E-state index contributed by atoms with van der Waals surface area (Å²) in [6, 6.07) is 3.75. The number of amides is 1. The second-order valence-electron chi connectivity index (χ2n) is 12.0. The number of amidine groups is 1. The number of hydrogen-bond donors (Lipinski definition) is 2. The number of fused-ring (bicyclic) bond motifs is 1. The number of nitrogens with two attached hydrogens (primary N) is 1. The first-order chi connectivity index (χ1) is 20.7. The van der Waals surface area contributed by atoms with Gasteiger partial charge in [-0.25, -0.2) is 32.5 Å². The number of nitrogens with zero attached hydrogens (tertiary/aromatic N) is 3. The van der Waals surface area contributed by atoms with E-state index in [-0.39, 0.29) is 48.0 Å². The zero-order chi connectivity index (χ0) is 32.0. The molecule has 44 heavy (non-hydrogen) atoms. The molecule has 2 aromatic rings. The second kappa shape index (κ2) is 12.0. The Morgan fingerprint density at radius 2 is 1.95 bits per heavy atom. The maximum absolute atomic E-state index is 17.0. The fourth-order valence-electron chi connectivity index (χ4n) is 6.76. The fraction of sp³-hybridized carbons (Fsp3) is 0.586. The number of thioether (sulfide) groups is 1. The molecule has 1 aromatic heterocycles. The average molecular weight is 646 g/mol. The van der Waals surface area contributed by atoms with Gasteiger partial charge in [0.05, 0.1) is 25.1 Å². The van der Waals surface area contributed by atoms with Crippen LogP contribution in [0.5, 0.6) is 5.88 Å². The van der Waals surface area contributed by atoms with Crippen molar-refractivity contribution in [1.82, 2.24) is 9.97 Å². The summed E-state index contributed by atoms with van der Waals surface area (Å²) in [6.07, 6.45) is -1.93. The van der Waals surface area contributed by atoms with Crippen molar-refractivity contribution in [1.29, 1.82) is 0 Å². The molecule has 0 spiro atoms. The van der Waals surface area contributed by atoms with E-state index in [0.29, 0.717) is 5.75 Å². The van der Waals surface area contributed by atoms with Crippen molar-refractivity contribution in [2.45, 2.75) is 75.8 Å². The first-order valence-corrected chi connectivity index (χ1v) is 15.2. The quantitative estimate of drug-likeness (QED) is 0.357. The molecule has 2 aliphatic heterocycles. The first kappa shape index (κ1) is 32.3. The van der Waals surface area contributed by atoms with Gasteiger partial charge >= 0.3 is 6.61 Å². The predicted molar refractivity (Wildman–Crippen MR) is 152 cm³/mol. The molecule has 4 unspecified atom stereocenters. The number of alkyl halides is 5. The number of rotatable bonds is 7. The van der Waals surface area contributed by atoms with E-state index < -0.39 is 71.1 Å². The topological polar surface area (TPSA) is 112 Å². The maximum Gasteiger partial charge on any atom is 0.388 e. The molecule has 8 nitrogen and oxygen atoms in total. The Morgan fingerprint density at radius 3 is 2.61 bits per heavy atom. The molecule has 0 bridgehead atoms. The number of halogens is 6. The molecule has 5 rings (SSSR count). The monoisotopic (exact) mass is 645 g/mol. The van der Waals surface area contributed by atoms with Crippen molar-refractivity contribution in [3.05, 3.63) is 47.7 Å². The smallest absolute Gasteiger partial charge is 0.388 e. The van der Waals surface area contributed by atoms with Crippen LogP contribution in [0.4, 0.5) is 32.0 Å². The number of ether oxygens (including phenoxy) is 2. The van der Waals surface area contributed by atoms with Gasteiger partial charge in [0, 0.05) is 22.9 Å². The summed E-state index contributed by atoms with van der Waals surface area (Å²) >= 11 is 1.19. The molecule has 1 saturated heterocycles. The molecule has 240 valence electrons. The third-order valence-corrected chi connectivity index (χ3v) is 9.84. The van der Waals surface area contributed by atoms with Crippen LogP contribution in [0.1, 0.15) is 56.1 Å². The first-order valence-electron chi connectivity index (χ1n) is 14.2. The number of hydrogen-bond acceptors (Lipinski definition) is 8. The minimum atomic E-state index is -3.12. The van der Waals surface area contributed by atoms with Crippen molar-refractivity contribution < 1.29 is 40.6 Å². The van der Waals surface area contributed by atoms with E-state index in [1.165, 1.54) is 37.7 Å². The van der Waals surface area contributed by atoms with Gasteiger partial charge in [0.25, 0.3) is 5.91 Å². The number of carbonyl (C=O) groups excluding carboxylic acids is 1.